The minimum atomic E-state index is -0.316. The van der Waals surface area contributed by atoms with Crippen LogP contribution in [0.25, 0.3) is 0 Å². The lowest BCUT2D eigenvalue weighted by Gasteiger charge is -2.14. The van der Waals surface area contributed by atoms with Gasteiger partial charge < -0.3 is 16.4 Å². The van der Waals surface area contributed by atoms with Crippen LogP contribution in [0.15, 0.2) is 30.3 Å². The van der Waals surface area contributed by atoms with E-state index in [1.807, 2.05) is 31.2 Å². The summed E-state index contributed by atoms with van der Waals surface area (Å²) in [6.07, 6.45) is -0.166. The van der Waals surface area contributed by atoms with E-state index in [1.165, 1.54) is 4.88 Å². The predicted octanol–water partition coefficient (Wildman–Crippen LogP) is 2.39. The van der Waals surface area contributed by atoms with Gasteiger partial charge in [-0.3, -0.25) is 9.59 Å². The lowest BCUT2D eigenvalue weighted by atomic mass is 10.0. The number of carbonyl (C=O) groups is 2. The summed E-state index contributed by atoms with van der Waals surface area (Å²) in [5.74, 6) is -0.624. The third kappa shape index (κ3) is 2.81. The van der Waals surface area contributed by atoms with Crippen LogP contribution in [-0.2, 0) is 9.59 Å². The minimum Gasteiger partial charge on any atom is -0.324 e. The fourth-order valence-electron chi connectivity index (χ4n) is 2.29. The summed E-state index contributed by atoms with van der Waals surface area (Å²) in [6, 6.07) is 9.26. The van der Waals surface area contributed by atoms with Crippen LogP contribution in [0.2, 0.25) is 0 Å². The molecule has 2 heterocycles. The first-order valence-electron chi connectivity index (χ1n) is 6.58. The average Bonchev–Trinajstić information content (AvgIpc) is 2.79. The number of anilines is 2. The highest BCUT2D eigenvalue weighted by molar-refractivity contribution is 7.12. The predicted molar refractivity (Wildman–Crippen MR) is 83.4 cm³/mol. The zero-order chi connectivity index (χ0) is 15.0. The topological polar surface area (TPSA) is 84.2 Å². The fraction of sp³-hybridized carbons (Fsp3) is 0.200. The number of amides is 2. The van der Waals surface area contributed by atoms with Crippen molar-refractivity contribution in [2.75, 3.05) is 10.6 Å². The average molecular weight is 301 g/mol. The Morgan fingerprint density at radius 3 is 2.48 bits per heavy atom. The lowest BCUT2D eigenvalue weighted by molar-refractivity contribution is -0.123. The van der Waals surface area contributed by atoms with Gasteiger partial charge in [-0.1, -0.05) is 6.07 Å². The number of fused-ring (bicyclic) bond motifs is 1. The Bertz CT molecular complexity index is 723. The normalized spacial score (nSPS) is 15.7. The molecule has 2 amide bonds. The van der Waals surface area contributed by atoms with E-state index >= 15 is 0 Å². The van der Waals surface area contributed by atoms with Crippen molar-refractivity contribution in [3.8, 4) is 0 Å². The molecule has 108 valence electrons. The molecular weight excluding hydrogens is 286 g/mol. The number of carbonyl (C=O) groups excluding carboxylic acids is 2. The Kier molecular flexibility index (Phi) is 3.48. The molecule has 1 aromatic heterocycles. The van der Waals surface area contributed by atoms with Crippen molar-refractivity contribution < 1.29 is 9.59 Å². The lowest BCUT2D eigenvalue weighted by Crippen LogP contribution is -2.16. The molecule has 1 unspecified atom stereocenters. The molecule has 0 saturated heterocycles. The number of hydrogen-bond acceptors (Lipinski definition) is 4. The largest absolute Gasteiger partial charge is 0.324 e. The van der Waals surface area contributed by atoms with Crippen LogP contribution in [0.1, 0.15) is 27.8 Å². The molecule has 0 fully saturated rings. The standard InChI is InChI=1S/C15H15N3O2S/c1-8-2-5-12(21-8)15(16)9-3-4-10-11(6-9)18-14(20)7-13(19)17-10/h2-6,15H,7,16H2,1H3,(H,17,19)(H,18,20). The van der Waals surface area contributed by atoms with Crippen molar-refractivity contribution in [3.05, 3.63) is 45.6 Å². The van der Waals surface area contributed by atoms with Crippen molar-refractivity contribution in [1.29, 1.82) is 0 Å². The van der Waals surface area contributed by atoms with Crippen LogP contribution in [0.5, 0.6) is 0 Å². The van der Waals surface area contributed by atoms with E-state index in [1.54, 1.807) is 17.4 Å². The van der Waals surface area contributed by atoms with Crippen molar-refractivity contribution in [2.45, 2.75) is 19.4 Å². The van der Waals surface area contributed by atoms with Gasteiger partial charge in [-0.25, -0.2) is 0 Å². The molecule has 1 aliphatic heterocycles. The summed E-state index contributed by atoms with van der Waals surface area (Å²) in [7, 11) is 0. The molecule has 0 radical (unpaired) electrons. The Hall–Kier alpha value is -2.18. The number of benzene rings is 1. The molecule has 3 rings (SSSR count). The van der Waals surface area contributed by atoms with E-state index in [9.17, 15) is 9.59 Å². The van der Waals surface area contributed by atoms with Gasteiger partial charge in [-0.05, 0) is 36.8 Å². The van der Waals surface area contributed by atoms with Crippen LogP contribution in [0.4, 0.5) is 11.4 Å². The van der Waals surface area contributed by atoms with Crippen LogP contribution in [0.3, 0.4) is 0 Å². The molecule has 1 aromatic carbocycles. The van der Waals surface area contributed by atoms with Gasteiger partial charge in [0.1, 0.15) is 6.42 Å². The van der Waals surface area contributed by atoms with Crippen LogP contribution in [-0.4, -0.2) is 11.8 Å². The van der Waals surface area contributed by atoms with Crippen molar-refractivity contribution in [1.82, 2.24) is 0 Å². The molecule has 1 atom stereocenters. The van der Waals surface area contributed by atoms with Gasteiger partial charge in [0.05, 0.1) is 17.4 Å². The number of aryl methyl sites for hydroxylation is 1. The summed E-state index contributed by atoms with van der Waals surface area (Å²) in [5.41, 5.74) is 8.36. The summed E-state index contributed by atoms with van der Waals surface area (Å²) < 4.78 is 0. The quantitative estimate of drug-likeness (QED) is 0.745. The number of nitrogens with two attached hydrogens (primary N) is 1. The molecule has 1 aliphatic rings. The van der Waals surface area contributed by atoms with E-state index in [4.69, 9.17) is 5.73 Å². The molecular formula is C15H15N3O2S. The molecule has 21 heavy (non-hydrogen) atoms. The zero-order valence-corrected chi connectivity index (χ0v) is 12.3. The van der Waals surface area contributed by atoms with E-state index in [-0.39, 0.29) is 24.3 Å². The third-order valence-electron chi connectivity index (χ3n) is 3.34. The van der Waals surface area contributed by atoms with E-state index in [0.717, 1.165) is 10.4 Å². The summed E-state index contributed by atoms with van der Waals surface area (Å²) in [6.45, 7) is 2.04. The highest BCUT2D eigenvalue weighted by atomic mass is 32.1. The highest BCUT2D eigenvalue weighted by Crippen LogP contribution is 2.32. The second kappa shape index (κ2) is 5.31. The van der Waals surface area contributed by atoms with Gasteiger partial charge in [-0.15, -0.1) is 11.3 Å². The maximum Gasteiger partial charge on any atom is 0.233 e. The number of thiophene rings is 1. The Morgan fingerprint density at radius 1 is 1.10 bits per heavy atom. The summed E-state index contributed by atoms with van der Waals surface area (Å²) >= 11 is 1.65. The Balaban J connectivity index is 1.95. The monoisotopic (exact) mass is 301 g/mol. The molecule has 0 spiro atoms. The van der Waals surface area contributed by atoms with Gasteiger partial charge in [0.2, 0.25) is 11.8 Å². The molecule has 0 bridgehead atoms. The smallest absolute Gasteiger partial charge is 0.233 e. The van der Waals surface area contributed by atoms with Gasteiger partial charge in [0.15, 0.2) is 0 Å². The van der Waals surface area contributed by atoms with Crippen molar-refractivity contribution in [3.63, 3.8) is 0 Å². The van der Waals surface area contributed by atoms with E-state index < -0.39 is 0 Å². The van der Waals surface area contributed by atoms with Crippen molar-refractivity contribution >= 4 is 34.5 Å². The molecule has 0 saturated carbocycles. The second-order valence-corrected chi connectivity index (χ2v) is 6.32. The first kappa shape index (κ1) is 13.8. The molecule has 5 nitrogen and oxygen atoms in total. The van der Waals surface area contributed by atoms with Gasteiger partial charge in [-0.2, -0.15) is 0 Å². The number of hydrogen-bond donors (Lipinski definition) is 3. The maximum absolute atomic E-state index is 11.6. The zero-order valence-electron chi connectivity index (χ0n) is 11.5. The summed E-state index contributed by atoms with van der Waals surface area (Å²) in [5, 5.41) is 5.43. The van der Waals surface area contributed by atoms with Gasteiger partial charge in [0.25, 0.3) is 0 Å². The summed E-state index contributed by atoms with van der Waals surface area (Å²) in [4.78, 5) is 25.4. The second-order valence-electron chi connectivity index (χ2n) is 5.00. The molecule has 4 N–H and O–H groups in total. The third-order valence-corrected chi connectivity index (χ3v) is 4.42. The first-order chi connectivity index (χ1) is 10.0. The van der Waals surface area contributed by atoms with Crippen LogP contribution in [0, 0.1) is 6.92 Å². The molecule has 0 aliphatic carbocycles. The van der Waals surface area contributed by atoms with E-state index in [0.29, 0.717) is 11.4 Å². The van der Waals surface area contributed by atoms with Gasteiger partial charge in [0, 0.05) is 9.75 Å². The minimum absolute atomic E-state index is 0.166. The van der Waals surface area contributed by atoms with Crippen LogP contribution < -0.4 is 16.4 Å². The Labute approximate surface area is 126 Å². The highest BCUT2D eigenvalue weighted by Gasteiger charge is 2.20. The molecule has 6 heteroatoms. The molecule has 2 aromatic rings. The number of rotatable bonds is 2. The van der Waals surface area contributed by atoms with Crippen LogP contribution >= 0.6 is 11.3 Å². The van der Waals surface area contributed by atoms with Gasteiger partial charge >= 0.3 is 0 Å². The fourth-order valence-corrected chi connectivity index (χ4v) is 3.19. The SMILES string of the molecule is Cc1ccc(C(N)c2ccc3c(c2)NC(=O)CC(=O)N3)s1. The number of nitrogens with one attached hydrogen (secondary N) is 2. The van der Waals surface area contributed by atoms with Crippen molar-refractivity contribution in [2.24, 2.45) is 5.73 Å². The first-order valence-corrected chi connectivity index (χ1v) is 7.40. The maximum atomic E-state index is 11.6. The Morgan fingerprint density at radius 2 is 1.81 bits per heavy atom. The van der Waals surface area contributed by atoms with E-state index in [2.05, 4.69) is 10.6 Å².